The quantitative estimate of drug-likeness (QED) is 0.0261. The van der Waals surface area contributed by atoms with Crippen LogP contribution in [-0.2, 0) is 28.6 Å². The van der Waals surface area contributed by atoms with Gasteiger partial charge in [0.15, 0.2) is 6.10 Å². The molecule has 0 fully saturated rings. The standard InChI is InChI=1S/C52H91NO7/c1-6-8-10-12-14-16-18-20-21-22-23-24-25-26-27-28-29-31-33-35-37-39-41-43-51(55)60-48(46-58-45-44-49(52(56)57)53(3,4)5)47-59-50(54)42-40-38-36-34-32-30-19-17-15-13-11-9-7-2/h8,10,14,16-17,19-21,23-24,48-49H,6-7,9,11-13,15,18,22,25-47H2,1-5H3/b10-8-,16-14-,19-17-,21-20-,24-23-. The Morgan fingerprint density at radius 3 is 1.40 bits per heavy atom. The molecular formula is C52H91NO7. The van der Waals surface area contributed by atoms with Crippen LogP contribution in [-0.4, -0.2) is 75.5 Å². The van der Waals surface area contributed by atoms with Crippen molar-refractivity contribution in [1.82, 2.24) is 0 Å². The van der Waals surface area contributed by atoms with Crippen molar-refractivity contribution in [2.24, 2.45) is 0 Å². The maximum absolute atomic E-state index is 12.8. The summed E-state index contributed by atoms with van der Waals surface area (Å²) in [6.45, 7) is 4.53. The van der Waals surface area contributed by atoms with Crippen LogP contribution in [0.3, 0.4) is 0 Å². The molecule has 2 unspecified atom stereocenters. The van der Waals surface area contributed by atoms with Gasteiger partial charge in [-0.05, 0) is 77.0 Å². The van der Waals surface area contributed by atoms with Gasteiger partial charge in [-0.15, -0.1) is 0 Å². The van der Waals surface area contributed by atoms with E-state index in [0.29, 0.717) is 12.8 Å². The molecule has 0 spiro atoms. The number of carboxylic acid groups (broad SMARTS) is 1. The fourth-order valence-electron chi connectivity index (χ4n) is 6.88. The number of hydrogen-bond acceptors (Lipinski definition) is 7. The molecule has 8 nitrogen and oxygen atoms in total. The molecule has 0 aliphatic carbocycles. The van der Waals surface area contributed by atoms with E-state index in [1.165, 1.54) is 89.9 Å². The van der Waals surface area contributed by atoms with E-state index in [9.17, 15) is 19.5 Å². The molecule has 0 N–H and O–H groups in total. The van der Waals surface area contributed by atoms with Crippen molar-refractivity contribution in [3.05, 3.63) is 60.8 Å². The number of unbranched alkanes of at least 4 members (excludes halogenated alkanes) is 19. The summed E-state index contributed by atoms with van der Waals surface area (Å²) in [5.41, 5.74) is 0. The number of carboxylic acids is 1. The molecule has 0 radical (unpaired) electrons. The molecule has 0 aromatic carbocycles. The Morgan fingerprint density at radius 2 is 0.933 bits per heavy atom. The fraction of sp³-hybridized carbons (Fsp3) is 0.750. The van der Waals surface area contributed by atoms with Gasteiger partial charge in [-0.2, -0.15) is 0 Å². The normalized spacial score (nSPS) is 13.4. The number of likely N-dealkylation sites (N-methyl/N-ethyl adjacent to an activating group) is 1. The number of carbonyl (C=O) groups excluding carboxylic acids is 3. The van der Waals surface area contributed by atoms with E-state index in [1.54, 1.807) is 21.1 Å². The molecule has 8 heteroatoms. The topological polar surface area (TPSA) is 102 Å². The summed E-state index contributed by atoms with van der Waals surface area (Å²) >= 11 is 0. The second-order valence-corrected chi connectivity index (χ2v) is 17.3. The summed E-state index contributed by atoms with van der Waals surface area (Å²) in [6, 6.07) is -0.729. The average molecular weight is 842 g/mol. The van der Waals surface area contributed by atoms with E-state index in [-0.39, 0.29) is 42.7 Å². The first-order valence-corrected chi connectivity index (χ1v) is 24.3. The number of nitrogens with zero attached hydrogens (tertiary/aromatic N) is 1. The van der Waals surface area contributed by atoms with Gasteiger partial charge >= 0.3 is 11.9 Å². The number of hydrogen-bond donors (Lipinski definition) is 0. The Hall–Kier alpha value is -2.97. The Kier molecular flexibility index (Phi) is 40.6. The van der Waals surface area contributed by atoms with Gasteiger partial charge in [-0.3, -0.25) is 9.59 Å². The first-order valence-electron chi connectivity index (χ1n) is 24.3. The number of allylic oxidation sites excluding steroid dienone is 10. The van der Waals surface area contributed by atoms with Crippen LogP contribution in [0, 0.1) is 0 Å². The Bertz CT molecular complexity index is 1170. The lowest BCUT2D eigenvalue weighted by Crippen LogP contribution is -2.55. The summed E-state index contributed by atoms with van der Waals surface area (Å²) < 4.78 is 17.2. The fourth-order valence-corrected chi connectivity index (χ4v) is 6.88. The summed E-state index contributed by atoms with van der Waals surface area (Å²) in [7, 11) is 5.41. The van der Waals surface area contributed by atoms with E-state index < -0.39 is 18.1 Å². The largest absolute Gasteiger partial charge is 0.544 e. The zero-order valence-electron chi connectivity index (χ0n) is 39.4. The second-order valence-electron chi connectivity index (χ2n) is 17.3. The number of carbonyl (C=O) groups is 3. The highest BCUT2D eigenvalue weighted by Crippen LogP contribution is 2.14. The van der Waals surface area contributed by atoms with Gasteiger partial charge in [0.25, 0.3) is 0 Å². The molecule has 0 amide bonds. The molecule has 0 heterocycles. The molecule has 0 aliphatic heterocycles. The summed E-state index contributed by atoms with van der Waals surface area (Å²) in [6.07, 6.45) is 52.4. The predicted octanol–water partition coefficient (Wildman–Crippen LogP) is 12.4. The Labute approximate surface area is 368 Å². The number of aliphatic carboxylic acids is 1. The van der Waals surface area contributed by atoms with Crippen LogP contribution in [0.1, 0.15) is 200 Å². The third-order valence-electron chi connectivity index (χ3n) is 10.6. The van der Waals surface area contributed by atoms with Crippen molar-refractivity contribution in [1.29, 1.82) is 0 Å². The highest BCUT2D eigenvalue weighted by atomic mass is 16.6. The van der Waals surface area contributed by atoms with Crippen molar-refractivity contribution in [3.8, 4) is 0 Å². The maximum Gasteiger partial charge on any atom is 0.306 e. The highest BCUT2D eigenvalue weighted by Gasteiger charge is 2.25. The van der Waals surface area contributed by atoms with Crippen molar-refractivity contribution in [2.45, 2.75) is 212 Å². The van der Waals surface area contributed by atoms with Crippen molar-refractivity contribution >= 4 is 17.9 Å². The second kappa shape index (κ2) is 42.7. The van der Waals surface area contributed by atoms with E-state index in [2.05, 4.69) is 74.6 Å². The van der Waals surface area contributed by atoms with Crippen LogP contribution >= 0.6 is 0 Å². The van der Waals surface area contributed by atoms with Crippen molar-refractivity contribution in [3.63, 3.8) is 0 Å². The zero-order chi connectivity index (χ0) is 44.2. The van der Waals surface area contributed by atoms with Gasteiger partial charge in [0.1, 0.15) is 12.6 Å². The highest BCUT2D eigenvalue weighted by molar-refractivity contribution is 5.70. The van der Waals surface area contributed by atoms with Gasteiger partial charge in [-0.1, -0.05) is 164 Å². The summed E-state index contributed by atoms with van der Waals surface area (Å²) in [4.78, 5) is 36.9. The predicted molar refractivity (Wildman–Crippen MR) is 249 cm³/mol. The van der Waals surface area contributed by atoms with E-state index in [0.717, 1.165) is 77.0 Å². The van der Waals surface area contributed by atoms with Crippen LogP contribution < -0.4 is 5.11 Å². The van der Waals surface area contributed by atoms with Gasteiger partial charge in [-0.25, -0.2) is 0 Å². The number of esters is 2. The molecule has 0 saturated heterocycles. The van der Waals surface area contributed by atoms with Crippen LogP contribution in [0.4, 0.5) is 0 Å². The van der Waals surface area contributed by atoms with Crippen molar-refractivity contribution < 1.29 is 38.2 Å². The molecule has 2 atom stereocenters. The minimum atomic E-state index is -1.13. The smallest absolute Gasteiger partial charge is 0.306 e. The molecule has 346 valence electrons. The number of rotatable bonds is 43. The molecular weight excluding hydrogens is 751 g/mol. The Balaban J connectivity index is 4.25. The first-order chi connectivity index (χ1) is 29.1. The summed E-state index contributed by atoms with van der Waals surface area (Å²) in [5.74, 6) is -1.75. The minimum Gasteiger partial charge on any atom is -0.544 e. The zero-order valence-corrected chi connectivity index (χ0v) is 39.4. The SMILES string of the molecule is CC/C=C\C/C=C\C/C=C\C/C=C\CCCCCCCCCCCCC(=O)OC(COCCC(C(=O)[O-])[N+](C)(C)C)COC(=O)CCCCCCC/C=C\CCCCCC. The third kappa shape index (κ3) is 40.4. The molecule has 0 aliphatic rings. The monoisotopic (exact) mass is 842 g/mol. The van der Waals surface area contributed by atoms with E-state index in [1.807, 2.05) is 0 Å². The van der Waals surface area contributed by atoms with Crippen LogP contribution in [0.15, 0.2) is 60.8 Å². The molecule has 0 rings (SSSR count). The molecule has 0 saturated carbocycles. The lowest BCUT2D eigenvalue weighted by Gasteiger charge is -2.34. The van der Waals surface area contributed by atoms with Gasteiger partial charge < -0.3 is 28.6 Å². The van der Waals surface area contributed by atoms with Crippen molar-refractivity contribution in [2.75, 3.05) is 41.0 Å². The van der Waals surface area contributed by atoms with E-state index >= 15 is 0 Å². The third-order valence-corrected chi connectivity index (χ3v) is 10.6. The minimum absolute atomic E-state index is 0.0353. The lowest BCUT2D eigenvalue weighted by molar-refractivity contribution is -0.889. The lowest BCUT2D eigenvalue weighted by atomic mass is 10.0. The first kappa shape index (κ1) is 57.0. The number of ether oxygens (including phenoxy) is 3. The van der Waals surface area contributed by atoms with E-state index in [4.69, 9.17) is 14.2 Å². The van der Waals surface area contributed by atoms with Gasteiger partial charge in [0.05, 0.1) is 40.3 Å². The van der Waals surface area contributed by atoms with Crippen LogP contribution in [0.2, 0.25) is 0 Å². The molecule has 0 aromatic rings. The number of quaternary nitrogens is 1. The molecule has 60 heavy (non-hydrogen) atoms. The van der Waals surface area contributed by atoms with Crippen LogP contribution in [0.25, 0.3) is 0 Å². The van der Waals surface area contributed by atoms with Crippen LogP contribution in [0.5, 0.6) is 0 Å². The van der Waals surface area contributed by atoms with Gasteiger partial charge in [0, 0.05) is 19.3 Å². The maximum atomic E-state index is 12.8. The molecule has 0 aromatic heterocycles. The molecule has 0 bridgehead atoms. The average Bonchev–Trinajstić information content (AvgIpc) is 3.21. The summed E-state index contributed by atoms with van der Waals surface area (Å²) in [5, 5.41) is 11.6. The van der Waals surface area contributed by atoms with Gasteiger partial charge in [0.2, 0.25) is 0 Å². The Morgan fingerprint density at radius 1 is 0.517 bits per heavy atom.